The van der Waals surface area contributed by atoms with Crippen LogP contribution < -0.4 is 5.32 Å². The van der Waals surface area contributed by atoms with Crippen molar-refractivity contribution in [3.05, 3.63) is 101 Å². The largest absolute Gasteiger partial charge is 0.325 e. The number of imide groups is 1. The summed E-state index contributed by atoms with van der Waals surface area (Å²) < 4.78 is 28.1. The molecule has 1 aliphatic rings. The number of benzene rings is 3. The van der Waals surface area contributed by atoms with Gasteiger partial charge in [-0.05, 0) is 47.5 Å². The lowest BCUT2D eigenvalue weighted by atomic mass is 9.82. The van der Waals surface area contributed by atoms with Crippen molar-refractivity contribution in [2.75, 3.05) is 0 Å². The quantitative estimate of drug-likeness (QED) is 0.478. The summed E-state index contributed by atoms with van der Waals surface area (Å²) in [6, 6.07) is 17.6. The van der Waals surface area contributed by atoms with Gasteiger partial charge in [0.15, 0.2) is 5.54 Å². The second-order valence-corrected chi connectivity index (χ2v) is 8.28. The van der Waals surface area contributed by atoms with E-state index in [0.717, 1.165) is 15.1 Å². The minimum atomic E-state index is -1.59. The van der Waals surface area contributed by atoms with Gasteiger partial charge in [-0.2, -0.15) is 0 Å². The lowest BCUT2D eigenvalue weighted by Gasteiger charge is -2.28. The number of amides is 3. The van der Waals surface area contributed by atoms with Gasteiger partial charge in [0.2, 0.25) is 0 Å². The average molecular weight is 435 g/mol. The Bertz CT molecular complexity index is 1220. The molecule has 0 aliphatic carbocycles. The highest BCUT2D eigenvalue weighted by Gasteiger charge is 2.53. The first-order chi connectivity index (χ1) is 15.0. The average Bonchev–Trinajstić information content (AvgIpc) is 3.29. The highest BCUT2D eigenvalue weighted by atomic mass is 32.1. The van der Waals surface area contributed by atoms with Gasteiger partial charge in [-0.1, -0.05) is 36.4 Å². The molecule has 8 heteroatoms. The Hall–Kier alpha value is -3.65. The van der Waals surface area contributed by atoms with Gasteiger partial charge in [0, 0.05) is 0 Å². The highest BCUT2D eigenvalue weighted by Crippen LogP contribution is 2.37. The molecule has 2 heterocycles. The van der Waals surface area contributed by atoms with Crippen LogP contribution in [0.2, 0.25) is 0 Å². The van der Waals surface area contributed by atoms with E-state index in [1.165, 1.54) is 59.9 Å². The van der Waals surface area contributed by atoms with E-state index < -0.39 is 29.1 Å². The minimum Gasteiger partial charge on any atom is -0.315 e. The van der Waals surface area contributed by atoms with Crippen molar-refractivity contribution in [2.24, 2.45) is 0 Å². The SMILES string of the molecule is O=C1NC(c2ccc(F)cc2)(c2ccc(F)cc2)C(=O)N1Cc1nc2ccccc2s1. The van der Waals surface area contributed by atoms with Crippen molar-refractivity contribution in [1.82, 2.24) is 15.2 Å². The van der Waals surface area contributed by atoms with Crippen LogP contribution in [0.3, 0.4) is 0 Å². The van der Waals surface area contributed by atoms with E-state index in [1.54, 1.807) is 0 Å². The third-order valence-corrected chi connectivity index (χ3v) is 6.31. The van der Waals surface area contributed by atoms with Crippen LogP contribution in [-0.2, 0) is 16.9 Å². The maximum absolute atomic E-state index is 13.7. The molecule has 1 aliphatic heterocycles. The highest BCUT2D eigenvalue weighted by molar-refractivity contribution is 7.18. The van der Waals surface area contributed by atoms with E-state index in [4.69, 9.17) is 0 Å². The summed E-state index contributed by atoms with van der Waals surface area (Å²) >= 11 is 1.40. The molecule has 0 atom stereocenters. The molecule has 0 bridgehead atoms. The van der Waals surface area contributed by atoms with Crippen LogP contribution in [0.25, 0.3) is 10.2 Å². The van der Waals surface area contributed by atoms with Gasteiger partial charge in [0.1, 0.15) is 16.6 Å². The van der Waals surface area contributed by atoms with Crippen molar-refractivity contribution in [2.45, 2.75) is 12.1 Å². The summed E-state index contributed by atoms with van der Waals surface area (Å²) in [5.74, 6) is -1.47. The Morgan fingerprint density at radius 2 is 1.45 bits per heavy atom. The zero-order valence-corrected chi connectivity index (χ0v) is 16.8. The van der Waals surface area contributed by atoms with E-state index in [1.807, 2.05) is 24.3 Å². The molecule has 0 saturated carbocycles. The van der Waals surface area contributed by atoms with Gasteiger partial charge in [-0.3, -0.25) is 9.69 Å². The second kappa shape index (κ2) is 7.24. The zero-order chi connectivity index (χ0) is 21.6. The zero-order valence-electron chi connectivity index (χ0n) is 16.0. The number of para-hydroxylation sites is 1. The lowest BCUT2D eigenvalue weighted by molar-refractivity contribution is -0.130. The van der Waals surface area contributed by atoms with Crippen LogP contribution in [0.1, 0.15) is 16.1 Å². The topological polar surface area (TPSA) is 62.3 Å². The smallest absolute Gasteiger partial charge is 0.315 e. The monoisotopic (exact) mass is 435 g/mol. The summed E-state index contributed by atoms with van der Waals surface area (Å²) in [5.41, 5.74) is -0.0379. The van der Waals surface area contributed by atoms with Gasteiger partial charge in [-0.25, -0.2) is 18.6 Å². The Morgan fingerprint density at radius 3 is 2.03 bits per heavy atom. The standard InChI is InChI=1S/C23H15F2N3O2S/c24-16-9-5-14(6-10-16)23(15-7-11-17(25)12-8-15)21(29)28(22(30)27-23)13-20-26-18-3-1-2-4-19(18)31-20/h1-12H,13H2,(H,27,30). The molecule has 5 nitrogen and oxygen atoms in total. The molecule has 0 spiro atoms. The molecule has 1 N–H and O–H groups in total. The van der Waals surface area contributed by atoms with Crippen LogP contribution in [0.4, 0.5) is 13.6 Å². The number of nitrogens with zero attached hydrogens (tertiary/aromatic N) is 2. The predicted octanol–water partition coefficient (Wildman–Crippen LogP) is 4.57. The molecule has 1 aromatic heterocycles. The number of thiazole rings is 1. The fraction of sp³-hybridized carbons (Fsp3) is 0.0870. The molecular formula is C23H15F2N3O2S. The molecule has 3 amide bonds. The Morgan fingerprint density at radius 1 is 0.871 bits per heavy atom. The lowest BCUT2D eigenvalue weighted by Crippen LogP contribution is -2.45. The number of aromatic nitrogens is 1. The molecular weight excluding hydrogens is 420 g/mol. The number of urea groups is 1. The first-order valence-corrected chi connectivity index (χ1v) is 10.3. The van der Waals surface area contributed by atoms with Gasteiger partial charge in [0.25, 0.3) is 5.91 Å². The molecule has 5 rings (SSSR count). The Labute approximate surface area is 180 Å². The fourth-order valence-electron chi connectivity index (χ4n) is 3.80. The molecule has 1 fully saturated rings. The maximum Gasteiger partial charge on any atom is 0.325 e. The fourth-order valence-corrected chi connectivity index (χ4v) is 4.76. The Balaban J connectivity index is 1.58. The summed E-state index contributed by atoms with van der Waals surface area (Å²) in [5, 5.41) is 3.37. The van der Waals surface area contributed by atoms with Gasteiger partial charge < -0.3 is 5.32 Å². The third-order valence-electron chi connectivity index (χ3n) is 5.29. The number of nitrogens with one attached hydrogen (secondary N) is 1. The van der Waals surface area contributed by atoms with Crippen molar-refractivity contribution < 1.29 is 18.4 Å². The molecule has 4 aromatic rings. The van der Waals surface area contributed by atoms with E-state index >= 15 is 0 Å². The molecule has 3 aromatic carbocycles. The summed E-state index contributed by atoms with van der Waals surface area (Å²) in [6.07, 6.45) is 0. The number of halogens is 2. The van der Waals surface area contributed by atoms with Gasteiger partial charge >= 0.3 is 6.03 Å². The van der Waals surface area contributed by atoms with Gasteiger partial charge in [-0.15, -0.1) is 11.3 Å². The van der Waals surface area contributed by atoms with Crippen LogP contribution >= 0.6 is 11.3 Å². The Kier molecular flexibility index (Phi) is 4.51. The summed E-state index contributed by atoms with van der Waals surface area (Å²) in [7, 11) is 0. The number of fused-ring (bicyclic) bond motifs is 1. The van der Waals surface area contributed by atoms with Crippen LogP contribution in [-0.4, -0.2) is 21.8 Å². The first-order valence-electron chi connectivity index (χ1n) is 9.48. The maximum atomic E-state index is 13.7. The summed E-state index contributed by atoms with van der Waals surface area (Å²) in [6.45, 7) is -0.00580. The molecule has 1 saturated heterocycles. The number of carbonyl (C=O) groups is 2. The van der Waals surface area contributed by atoms with Crippen molar-refractivity contribution in [3.8, 4) is 0 Å². The second-order valence-electron chi connectivity index (χ2n) is 7.16. The minimum absolute atomic E-state index is 0.00580. The van der Waals surface area contributed by atoms with E-state index in [0.29, 0.717) is 16.1 Å². The van der Waals surface area contributed by atoms with E-state index in [9.17, 15) is 18.4 Å². The van der Waals surface area contributed by atoms with Crippen molar-refractivity contribution >= 4 is 33.5 Å². The molecule has 31 heavy (non-hydrogen) atoms. The number of hydrogen-bond acceptors (Lipinski definition) is 4. The third kappa shape index (κ3) is 3.16. The van der Waals surface area contributed by atoms with E-state index in [-0.39, 0.29) is 6.54 Å². The predicted molar refractivity (Wildman–Crippen MR) is 112 cm³/mol. The van der Waals surface area contributed by atoms with E-state index in [2.05, 4.69) is 10.3 Å². The van der Waals surface area contributed by atoms with Crippen LogP contribution in [0.15, 0.2) is 72.8 Å². The molecule has 154 valence electrons. The summed E-state index contributed by atoms with van der Waals surface area (Å²) in [4.78, 5) is 32.2. The van der Waals surface area contributed by atoms with Crippen molar-refractivity contribution in [1.29, 1.82) is 0 Å². The molecule has 0 radical (unpaired) electrons. The van der Waals surface area contributed by atoms with Gasteiger partial charge in [0.05, 0.1) is 16.8 Å². The van der Waals surface area contributed by atoms with Crippen molar-refractivity contribution in [3.63, 3.8) is 0 Å². The number of carbonyl (C=O) groups excluding carboxylic acids is 2. The molecule has 0 unspecified atom stereocenters. The number of rotatable bonds is 4. The normalized spacial score (nSPS) is 15.5. The van der Waals surface area contributed by atoms with Crippen LogP contribution in [0.5, 0.6) is 0 Å². The number of hydrogen-bond donors (Lipinski definition) is 1. The first kappa shape index (κ1) is 19.3. The van der Waals surface area contributed by atoms with Crippen LogP contribution in [0, 0.1) is 11.6 Å².